The van der Waals surface area contributed by atoms with Gasteiger partial charge in [-0.1, -0.05) is 11.3 Å². The highest BCUT2D eigenvalue weighted by atomic mass is 32.1. The summed E-state index contributed by atoms with van der Waals surface area (Å²) in [6, 6.07) is 9.70. The monoisotopic (exact) mass is 341 g/mol. The molecule has 0 unspecified atom stereocenters. The molecule has 1 fully saturated rings. The summed E-state index contributed by atoms with van der Waals surface area (Å²) in [5.41, 5.74) is 1.63. The molecule has 1 aliphatic heterocycles. The maximum atomic E-state index is 12.8. The number of aromatic nitrogens is 2. The maximum Gasteiger partial charge on any atom is 0.254 e. The van der Waals surface area contributed by atoms with Crippen LogP contribution in [0.4, 0.5) is 0 Å². The van der Waals surface area contributed by atoms with E-state index in [4.69, 9.17) is 4.74 Å². The summed E-state index contributed by atoms with van der Waals surface area (Å²) < 4.78 is 8.72. The molecule has 124 valence electrons. The molecule has 0 radical (unpaired) electrons. The van der Waals surface area contributed by atoms with Crippen LogP contribution in [0.2, 0.25) is 0 Å². The molecule has 3 heterocycles. The molecule has 4 rings (SSSR count). The number of thiazole rings is 1. The average Bonchev–Trinajstić information content (AvgIpc) is 3.21. The highest BCUT2D eigenvalue weighted by Crippen LogP contribution is 2.27. The molecule has 1 amide bonds. The van der Waals surface area contributed by atoms with Crippen LogP contribution in [-0.4, -0.2) is 45.7 Å². The number of carbonyl (C=O) groups is 1. The topological polar surface area (TPSA) is 47.4 Å². The van der Waals surface area contributed by atoms with Crippen molar-refractivity contribution in [2.75, 3.05) is 13.1 Å². The number of morpholine rings is 1. The molecule has 1 aliphatic rings. The Balaban J connectivity index is 1.63. The van der Waals surface area contributed by atoms with Crippen molar-refractivity contribution in [3.63, 3.8) is 0 Å². The van der Waals surface area contributed by atoms with Crippen molar-refractivity contribution in [3.8, 4) is 5.13 Å². The lowest BCUT2D eigenvalue weighted by atomic mass is 10.1. The minimum Gasteiger partial charge on any atom is -0.372 e. The molecule has 0 saturated carbocycles. The van der Waals surface area contributed by atoms with Crippen LogP contribution in [0.5, 0.6) is 0 Å². The van der Waals surface area contributed by atoms with Gasteiger partial charge in [0, 0.05) is 31.0 Å². The Hall–Kier alpha value is -2.18. The lowest BCUT2D eigenvalue weighted by molar-refractivity contribution is -0.0586. The normalized spacial score (nSPS) is 21.3. The summed E-state index contributed by atoms with van der Waals surface area (Å²) >= 11 is 1.59. The van der Waals surface area contributed by atoms with E-state index in [-0.39, 0.29) is 18.1 Å². The first-order valence-corrected chi connectivity index (χ1v) is 8.90. The molecule has 2 aromatic heterocycles. The van der Waals surface area contributed by atoms with Crippen LogP contribution in [0.25, 0.3) is 15.3 Å². The first-order valence-electron chi connectivity index (χ1n) is 8.09. The summed E-state index contributed by atoms with van der Waals surface area (Å²) in [6.07, 6.45) is 4.09. The van der Waals surface area contributed by atoms with Gasteiger partial charge in [0.2, 0.25) is 0 Å². The van der Waals surface area contributed by atoms with Crippen molar-refractivity contribution >= 4 is 27.5 Å². The molecule has 3 aromatic rings. The van der Waals surface area contributed by atoms with Crippen molar-refractivity contribution in [2.24, 2.45) is 0 Å². The molecule has 6 heteroatoms. The summed E-state index contributed by atoms with van der Waals surface area (Å²) in [6.45, 7) is 5.29. The van der Waals surface area contributed by atoms with Crippen LogP contribution < -0.4 is 0 Å². The Morgan fingerprint density at radius 2 is 1.92 bits per heavy atom. The Kier molecular flexibility index (Phi) is 3.86. The zero-order chi connectivity index (χ0) is 16.7. The first kappa shape index (κ1) is 15.4. The van der Waals surface area contributed by atoms with Crippen molar-refractivity contribution in [3.05, 3.63) is 48.3 Å². The molecule has 0 N–H and O–H groups in total. The number of carbonyl (C=O) groups excluding carboxylic acids is 1. The predicted molar refractivity (Wildman–Crippen MR) is 94.9 cm³/mol. The van der Waals surface area contributed by atoms with Crippen LogP contribution in [0.3, 0.4) is 0 Å². The lowest BCUT2D eigenvalue weighted by Crippen LogP contribution is -2.48. The standard InChI is InChI=1S/C18H19N3O2S/c1-12-10-21(11-13(2)23-12)17(22)14-5-6-15-16(9-14)24-18(19-15)20-7-3-4-8-20/h3-9,12-13H,10-11H2,1-2H3/t12-,13+. The van der Waals surface area contributed by atoms with Gasteiger partial charge in [-0.2, -0.15) is 0 Å². The van der Waals surface area contributed by atoms with E-state index >= 15 is 0 Å². The van der Waals surface area contributed by atoms with Gasteiger partial charge >= 0.3 is 0 Å². The van der Waals surface area contributed by atoms with Gasteiger partial charge in [-0.15, -0.1) is 0 Å². The summed E-state index contributed by atoms with van der Waals surface area (Å²) in [5, 5.41) is 0.910. The van der Waals surface area contributed by atoms with Gasteiger partial charge in [0.1, 0.15) is 0 Å². The van der Waals surface area contributed by atoms with Crippen molar-refractivity contribution in [1.29, 1.82) is 0 Å². The number of ether oxygens (including phenoxy) is 1. The number of hydrogen-bond acceptors (Lipinski definition) is 4. The number of amides is 1. The van der Waals surface area contributed by atoms with Gasteiger partial charge < -0.3 is 14.2 Å². The first-order chi connectivity index (χ1) is 11.6. The fraction of sp³-hybridized carbons (Fsp3) is 0.333. The van der Waals surface area contributed by atoms with E-state index in [9.17, 15) is 4.79 Å². The third-order valence-electron chi connectivity index (χ3n) is 4.16. The van der Waals surface area contributed by atoms with Crippen LogP contribution >= 0.6 is 11.3 Å². The van der Waals surface area contributed by atoms with Crippen LogP contribution in [0.15, 0.2) is 42.7 Å². The number of benzene rings is 1. The van der Waals surface area contributed by atoms with Gasteiger partial charge in [0.25, 0.3) is 5.91 Å². The zero-order valence-corrected chi connectivity index (χ0v) is 14.5. The SMILES string of the molecule is C[C@@H]1CN(C(=O)c2ccc3nc(-n4cccc4)sc3c2)C[C@H](C)O1. The molecule has 5 nitrogen and oxygen atoms in total. The van der Waals surface area contributed by atoms with Gasteiger partial charge in [0.15, 0.2) is 5.13 Å². The fourth-order valence-corrected chi connectivity index (χ4v) is 4.12. The van der Waals surface area contributed by atoms with Gasteiger partial charge in [0.05, 0.1) is 22.4 Å². The summed E-state index contributed by atoms with van der Waals surface area (Å²) in [4.78, 5) is 19.3. The molecule has 24 heavy (non-hydrogen) atoms. The maximum absolute atomic E-state index is 12.8. The number of fused-ring (bicyclic) bond motifs is 1. The minimum absolute atomic E-state index is 0.0646. The molecule has 1 aromatic carbocycles. The van der Waals surface area contributed by atoms with Crippen molar-refractivity contribution in [2.45, 2.75) is 26.1 Å². The number of hydrogen-bond donors (Lipinski definition) is 0. The quantitative estimate of drug-likeness (QED) is 0.718. The third-order valence-corrected chi connectivity index (χ3v) is 5.19. The van der Waals surface area contributed by atoms with E-state index in [1.165, 1.54) is 0 Å². The Morgan fingerprint density at radius 1 is 1.21 bits per heavy atom. The largest absolute Gasteiger partial charge is 0.372 e. The van der Waals surface area contributed by atoms with Crippen LogP contribution in [-0.2, 0) is 4.74 Å². The molecule has 0 bridgehead atoms. The van der Waals surface area contributed by atoms with E-state index in [2.05, 4.69) is 4.98 Å². The lowest BCUT2D eigenvalue weighted by Gasteiger charge is -2.35. The molecule has 0 spiro atoms. The molecule has 2 atom stereocenters. The van der Waals surface area contributed by atoms with Gasteiger partial charge in [-0.25, -0.2) is 4.98 Å². The Morgan fingerprint density at radius 3 is 2.62 bits per heavy atom. The van der Waals surface area contributed by atoms with E-state index in [1.54, 1.807) is 11.3 Å². The molecular weight excluding hydrogens is 322 g/mol. The Labute approximate surface area is 144 Å². The summed E-state index contributed by atoms with van der Waals surface area (Å²) in [5.74, 6) is 0.0646. The molecule has 0 aliphatic carbocycles. The minimum atomic E-state index is 0.0646. The molecular formula is C18H19N3O2S. The van der Waals surface area contributed by atoms with Crippen molar-refractivity contribution in [1.82, 2.24) is 14.5 Å². The molecule has 1 saturated heterocycles. The number of nitrogens with zero attached hydrogens (tertiary/aromatic N) is 3. The second-order valence-electron chi connectivity index (χ2n) is 6.24. The van der Waals surface area contributed by atoms with Crippen molar-refractivity contribution < 1.29 is 9.53 Å². The van der Waals surface area contributed by atoms with Gasteiger partial charge in [-0.3, -0.25) is 4.79 Å². The van der Waals surface area contributed by atoms with Crippen LogP contribution in [0.1, 0.15) is 24.2 Å². The Bertz CT molecular complexity index is 862. The van der Waals surface area contributed by atoms with E-state index < -0.39 is 0 Å². The summed E-state index contributed by atoms with van der Waals surface area (Å²) in [7, 11) is 0. The van der Waals surface area contributed by atoms with E-state index in [1.807, 2.05) is 66.0 Å². The van der Waals surface area contributed by atoms with Gasteiger partial charge in [-0.05, 0) is 44.2 Å². The zero-order valence-electron chi connectivity index (χ0n) is 13.7. The van der Waals surface area contributed by atoms with Crippen LogP contribution in [0, 0.1) is 0 Å². The van der Waals surface area contributed by atoms with E-state index in [0.29, 0.717) is 18.7 Å². The average molecular weight is 341 g/mol. The predicted octanol–water partition coefficient (Wildman–Crippen LogP) is 3.34. The highest BCUT2D eigenvalue weighted by molar-refractivity contribution is 7.20. The third kappa shape index (κ3) is 2.83. The van der Waals surface area contributed by atoms with E-state index in [0.717, 1.165) is 15.3 Å². The highest BCUT2D eigenvalue weighted by Gasteiger charge is 2.26. The fourth-order valence-electron chi connectivity index (χ4n) is 3.14. The second kappa shape index (κ2) is 6.03. The number of rotatable bonds is 2. The second-order valence-corrected chi connectivity index (χ2v) is 7.25. The smallest absolute Gasteiger partial charge is 0.254 e.